The molecule has 5 heteroatoms. The van der Waals surface area contributed by atoms with Gasteiger partial charge < -0.3 is 9.73 Å². The molecule has 1 aromatic heterocycles. The molecule has 0 aliphatic heterocycles. The molecule has 0 aliphatic rings. The maximum Gasteiger partial charge on any atom is 0.248 e. The third kappa shape index (κ3) is 5.06. The first-order valence-corrected chi connectivity index (χ1v) is 9.86. The summed E-state index contributed by atoms with van der Waals surface area (Å²) in [5.41, 5.74) is 2.74. The van der Waals surface area contributed by atoms with Crippen LogP contribution in [0, 0.1) is 0 Å². The van der Waals surface area contributed by atoms with Crippen LogP contribution in [0.5, 0.6) is 0 Å². The molecular formula is C23H21Cl2NO2. The predicted molar refractivity (Wildman–Crippen MR) is 117 cm³/mol. The Hall–Kier alpha value is -2.49. The van der Waals surface area contributed by atoms with E-state index in [1.54, 1.807) is 30.3 Å². The van der Waals surface area contributed by atoms with Crippen molar-refractivity contribution in [3.8, 4) is 11.3 Å². The quantitative estimate of drug-likeness (QED) is 0.427. The number of para-hydroxylation sites is 1. The second-order valence-electron chi connectivity index (χ2n) is 6.58. The molecule has 1 N–H and O–H groups in total. The topological polar surface area (TPSA) is 42.2 Å². The van der Waals surface area contributed by atoms with Crippen LogP contribution in [0.4, 0.5) is 5.69 Å². The molecule has 0 radical (unpaired) electrons. The van der Waals surface area contributed by atoms with E-state index in [1.807, 2.05) is 30.3 Å². The highest BCUT2D eigenvalue weighted by molar-refractivity contribution is 6.35. The largest absolute Gasteiger partial charge is 0.457 e. The molecule has 1 heterocycles. The Morgan fingerprint density at radius 3 is 2.54 bits per heavy atom. The summed E-state index contributed by atoms with van der Waals surface area (Å²) in [5.74, 6) is 1.36. The summed E-state index contributed by atoms with van der Waals surface area (Å²) in [6.45, 7) is 4.28. The minimum absolute atomic E-state index is 0.209. The van der Waals surface area contributed by atoms with Gasteiger partial charge in [-0.1, -0.05) is 55.2 Å². The third-order valence-electron chi connectivity index (χ3n) is 4.53. The second kappa shape index (κ2) is 9.13. The number of halogens is 2. The second-order valence-corrected chi connectivity index (χ2v) is 7.45. The van der Waals surface area contributed by atoms with Gasteiger partial charge in [0.15, 0.2) is 0 Å². The molecule has 0 aliphatic carbocycles. The van der Waals surface area contributed by atoms with Crippen LogP contribution >= 0.6 is 23.2 Å². The summed E-state index contributed by atoms with van der Waals surface area (Å²) in [6, 6.07) is 16.7. The lowest BCUT2D eigenvalue weighted by Gasteiger charge is -2.14. The van der Waals surface area contributed by atoms with Crippen molar-refractivity contribution in [2.75, 3.05) is 5.32 Å². The fourth-order valence-corrected chi connectivity index (χ4v) is 3.41. The van der Waals surface area contributed by atoms with Crippen LogP contribution in [0.3, 0.4) is 0 Å². The first-order chi connectivity index (χ1) is 13.5. The number of nitrogens with one attached hydrogen (secondary N) is 1. The van der Waals surface area contributed by atoms with Crippen molar-refractivity contribution in [2.24, 2.45) is 0 Å². The SMILES string of the molecule is CCC(C)c1ccccc1NC(=O)C=Cc1ccc(-c2cc(Cl)cc(Cl)c2)o1. The molecule has 0 saturated heterocycles. The molecule has 1 atom stereocenters. The number of carbonyl (C=O) groups is 1. The highest BCUT2D eigenvalue weighted by Gasteiger charge is 2.10. The summed E-state index contributed by atoms with van der Waals surface area (Å²) >= 11 is 12.1. The molecule has 28 heavy (non-hydrogen) atoms. The number of hydrogen-bond donors (Lipinski definition) is 1. The monoisotopic (exact) mass is 413 g/mol. The van der Waals surface area contributed by atoms with E-state index in [1.165, 1.54) is 6.08 Å². The average Bonchev–Trinajstić information content (AvgIpc) is 3.14. The summed E-state index contributed by atoms with van der Waals surface area (Å²) in [5, 5.41) is 4.02. The highest BCUT2D eigenvalue weighted by Crippen LogP contribution is 2.29. The van der Waals surface area contributed by atoms with Crippen molar-refractivity contribution >= 4 is 40.9 Å². The van der Waals surface area contributed by atoms with Crippen molar-refractivity contribution in [2.45, 2.75) is 26.2 Å². The molecule has 0 spiro atoms. The lowest BCUT2D eigenvalue weighted by atomic mass is 9.97. The fourth-order valence-electron chi connectivity index (χ4n) is 2.89. The molecule has 2 aromatic carbocycles. The molecule has 1 unspecified atom stereocenters. The van der Waals surface area contributed by atoms with Crippen LogP contribution in [-0.4, -0.2) is 5.91 Å². The van der Waals surface area contributed by atoms with Gasteiger partial charge in [-0.05, 0) is 60.4 Å². The Morgan fingerprint density at radius 1 is 1.11 bits per heavy atom. The van der Waals surface area contributed by atoms with Gasteiger partial charge in [-0.25, -0.2) is 0 Å². The first-order valence-electron chi connectivity index (χ1n) is 9.10. The molecule has 0 bridgehead atoms. The van der Waals surface area contributed by atoms with Gasteiger partial charge >= 0.3 is 0 Å². The molecule has 3 rings (SSSR count). The number of furan rings is 1. The highest BCUT2D eigenvalue weighted by atomic mass is 35.5. The van der Waals surface area contributed by atoms with E-state index in [-0.39, 0.29) is 5.91 Å². The molecule has 144 valence electrons. The summed E-state index contributed by atoms with van der Waals surface area (Å²) in [4.78, 5) is 12.3. The lowest BCUT2D eigenvalue weighted by molar-refractivity contribution is -0.111. The van der Waals surface area contributed by atoms with Crippen molar-refractivity contribution in [1.29, 1.82) is 0 Å². The van der Waals surface area contributed by atoms with E-state index in [2.05, 4.69) is 19.2 Å². The zero-order valence-electron chi connectivity index (χ0n) is 15.7. The minimum atomic E-state index is -0.209. The summed E-state index contributed by atoms with van der Waals surface area (Å²) in [6.07, 6.45) is 4.10. The standard InChI is InChI=1S/C23H21Cl2NO2/c1-3-15(2)20-6-4-5-7-21(20)26-23(27)11-9-19-8-10-22(28-19)16-12-17(24)14-18(25)13-16/h4-15H,3H2,1-2H3,(H,26,27). The molecular weight excluding hydrogens is 393 g/mol. The van der Waals surface area contributed by atoms with Gasteiger partial charge in [0, 0.05) is 27.4 Å². The van der Waals surface area contributed by atoms with Crippen molar-refractivity contribution in [3.63, 3.8) is 0 Å². The Kier molecular flexibility index (Phi) is 6.61. The molecule has 0 saturated carbocycles. The van der Waals surface area contributed by atoms with E-state index in [9.17, 15) is 4.79 Å². The average molecular weight is 414 g/mol. The van der Waals surface area contributed by atoms with Crippen LogP contribution in [0.2, 0.25) is 10.0 Å². The first kappa shape index (κ1) is 20.2. The zero-order chi connectivity index (χ0) is 20.1. The van der Waals surface area contributed by atoms with Gasteiger partial charge in [0.2, 0.25) is 5.91 Å². The number of hydrogen-bond acceptors (Lipinski definition) is 2. The van der Waals surface area contributed by atoms with E-state index in [4.69, 9.17) is 27.6 Å². The fraction of sp³-hybridized carbons (Fsp3) is 0.174. The number of anilines is 1. The van der Waals surface area contributed by atoms with Gasteiger partial charge in [0.1, 0.15) is 11.5 Å². The van der Waals surface area contributed by atoms with E-state index >= 15 is 0 Å². The Balaban J connectivity index is 1.71. The molecule has 1 amide bonds. The van der Waals surface area contributed by atoms with E-state index < -0.39 is 0 Å². The van der Waals surface area contributed by atoms with Gasteiger partial charge in [-0.15, -0.1) is 0 Å². The van der Waals surface area contributed by atoms with Gasteiger partial charge in [0.05, 0.1) is 0 Å². The molecule has 3 nitrogen and oxygen atoms in total. The van der Waals surface area contributed by atoms with Crippen molar-refractivity contribution in [3.05, 3.63) is 82.0 Å². The van der Waals surface area contributed by atoms with Crippen molar-refractivity contribution < 1.29 is 9.21 Å². The maximum absolute atomic E-state index is 12.3. The number of rotatable bonds is 6. The van der Waals surface area contributed by atoms with E-state index in [0.717, 1.165) is 23.2 Å². The Bertz CT molecular complexity index is 987. The van der Waals surface area contributed by atoms with Gasteiger partial charge in [0.25, 0.3) is 0 Å². The zero-order valence-corrected chi connectivity index (χ0v) is 17.2. The summed E-state index contributed by atoms with van der Waals surface area (Å²) < 4.78 is 5.78. The Labute approximate surface area is 175 Å². The van der Waals surface area contributed by atoms with Gasteiger partial charge in [-0.3, -0.25) is 4.79 Å². The smallest absolute Gasteiger partial charge is 0.248 e. The van der Waals surface area contributed by atoms with Crippen molar-refractivity contribution in [1.82, 2.24) is 0 Å². The normalized spacial score (nSPS) is 12.3. The van der Waals surface area contributed by atoms with Crippen LogP contribution in [0.25, 0.3) is 17.4 Å². The molecule has 3 aromatic rings. The summed E-state index contributed by atoms with van der Waals surface area (Å²) in [7, 11) is 0. The van der Waals surface area contributed by atoms with Gasteiger partial charge in [-0.2, -0.15) is 0 Å². The molecule has 0 fully saturated rings. The number of benzene rings is 2. The predicted octanol–water partition coefficient (Wildman–Crippen LogP) is 7.42. The maximum atomic E-state index is 12.3. The number of carbonyl (C=O) groups excluding carboxylic acids is 1. The van der Waals surface area contributed by atoms with E-state index in [0.29, 0.717) is 27.5 Å². The minimum Gasteiger partial charge on any atom is -0.457 e. The lowest BCUT2D eigenvalue weighted by Crippen LogP contribution is -2.10. The van der Waals surface area contributed by atoms with Crippen LogP contribution in [0.15, 0.2) is 65.1 Å². The van der Waals surface area contributed by atoms with Crippen LogP contribution < -0.4 is 5.32 Å². The number of amides is 1. The van der Waals surface area contributed by atoms with Crippen LogP contribution in [0.1, 0.15) is 37.5 Å². The van der Waals surface area contributed by atoms with Crippen LogP contribution in [-0.2, 0) is 4.79 Å². The Morgan fingerprint density at radius 2 is 1.82 bits per heavy atom. The third-order valence-corrected chi connectivity index (χ3v) is 4.97.